The van der Waals surface area contributed by atoms with Gasteiger partial charge in [0.2, 0.25) is 0 Å². The number of hydrogen-bond acceptors (Lipinski definition) is 3. The molecule has 94 valence electrons. The van der Waals surface area contributed by atoms with Crippen molar-refractivity contribution in [3.63, 3.8) is 0 Å². The molecule has 0 saturated heterocycles. The van der Waals surface area contributed by atoms with Gasteiger partial charge < -0.3 is 11.1 Å². The van der Waals surface area contributed by atoms with Crippen molar-refractivity contribution in [2.24, 2.45) is 0 Å². The van der Waals surface area contributed by atoms with E-state index in [0.29, 0.717) is 11.3 Å². The van der Waals surface area contributed by atoms with Gasteiger partial charge in [0.15, 0.2) is 0 Å². The van der Waals surface area contributed by atoms with Gasteiger partial charge in [0.1, 0.15) is 0 Å². The molecule has 0 atom stereocenters. The van der Waals surface area contributed by atoms with Crippen molar-refractivity contribution in [2.45, 2.75) is 32.1 Å². The first kappa shape index (κ1) is 12.5. The van der Waals surface area contributed by atoms with Crippen LogP contribution in [-0.4, -0.2) is 6.54 Å². The van der Waals surface area contributed by atoms with Crippen LogP contribution in [0.2, 0.25) is 0 Å². The molecule has 2 rings (SSSR count). The number of nitrogens with one attached hydrogen (secondary N) is 1. The predicted octanol–water partition coefficient (Wildman–Crippen LogP) is 3.44. The van der Waals surface area contributed by atoms with Crippen LogP contribution in [0.4, 0.5) is 11.4 Å². The first-order valence-electron chi connectivity index (χ1n) is 6.51. The zero-order valence-electron chi connectivity index (χ0n) is 10.6. The van der Waals surface area contributed by atoms with Gasteiger partial charge in [-0.3, -0.25) is 0 Å². The maximum absolute atomic E-state index is 8.85. The lowest BCUT2D eigenvalue weighted by Crippen LogP contribution is -2.06. The molecule has 0 unspecified atom stereocenters. The molecule has 0 fully saturated rings. The zero-order valence-corrected chi connectivity index (χ0v) is 10.6. The summed E-state index contributed by atoms with van der Waals surface area (Å²) in [4.78, 5) is 0. The Morgan fingerprint density at radius 2 is 2.22 bits per heavy atom. The number of nitrogen functional groups attached to an aromatic ring is 1. The predicted molar refractivity (Wildman–Crippen MR) is 75.2 cm³/mol. The van der Waals surface area contributed by atoms with E-state index in [1.54, 1.807) is 17.7 Å². The summed E-state index contributed by atoms with van der Waals surface area (Å²) in [6.45, 7) is 0.880. The summed E-state index contributed by atoms with van der Waals surface area (Å²) >= 11 is 0. The minimum Gasteiger partial charge on any atom is -0.397 e. The van der Waals surface area contributed by atoms with E-state index in [0.717, 1.165) is 18.7 Å². The summed E-state index contributed by atoms with van der Waals surface area (Å²) < 4.78 is 0. The minimum absolute atomic E-state index is 0.642. The van der Waals surface area contributed by atoms with Crippen LogP contribution in [0.3, 0.4) is 0 Å². The molecule has 3 heteroatoms. The molecule has 3 nitrogen and oxygen atoms in total. The van der Waals surface area contributed by atoms with Crippen LogP contribution in [0.15, 0.2) is 29.8 Å². The van der Waals surface area contributed by atoms with Gasteiger partial charge in [0.25, 0.3) is 0 Å². The Bertz CT molecular complexity index is 483. The van der Waals surface area contributed by atoms with Gasteiger partial charge in [-0.05, 0) is 50.3 Å². The van der Waals surface area contributed by atoms with Gasteiger partial charge in [-0.15, -0.1) is 0 Å². The molecule has 0 spiro atoms. The Balaban J connectivity index is 1.90. The second kappa shape index (κ2) is 6.11. The van der Waals surface area contributed by atoms with E-state index in [1.807, 2.05) is 6.07 Å². The average molecular weight is 241 g/mol. The van der Waals surface area contributed by atoms with Gasteiger partial charge >= 0.3 is 0 Å². The Hall–Kier alpha value is -1.95. The van der Waals surface area contributed by atoms with Gasteiger partial charge in [0, 0.05) is 6.54 Å². The molecule has 0 heterocycles. The summed E-state index contributed by atoms with van der Waals surface area (Å²) in [6.07, 6.45) is 8.53. The van der Waals surface area contributed by atoms with Crippen LogP contribution in [0.1, 0.15) is 37.7 Å². The van der Waals surface area contributed by atoms with E-state index in [2.05, 4.69) is 17.5 Å². The molecule has 1 aromatic rings. The molecule has 0 radical (unpaired) electrons. The van der Waals surface area contributed by atoms with Crippen LogP contribution in [0, 0.1) is 11.3 Å². The lowest BCUT2D eigenvalue weighted by Gasteiger charge is -2.14. The van der Waals surface area contributed by atoms with E-state index < -0.39 is 0 Å². The SMILES string of the molecule is N#Cc1ccc(N)c(NCCC2=CCCCC2)c1. The standard InChI is InChI=1S/C15H19N3/c16-11-13-6-7-14(17)15(10-13)18-9-8-12-4-2-1-3-5-12/h4,6-7,10,18H,1-3,5,8-9,17H2. The fraction of sp³-hybridized carbons (Fsp3) is 0.400. The van der Waals surface area contributed by atoms with Crippen LogP contribution in [0.5, 0.6) is 0 Å². The Morgan fingerprint density at radius 1 is 1.33 bits per heavy atom. The molecule has 0 bridgehead atoms. The van der Waals surface area contributed by atoms with Crippen molar-refractivity contribution < 1.29 is 0 Å². The number of nitrogens with two attached hydrogens (primary N) is 1. The van der Waals surface area contributed by atoms with Crippen molar-refractivity contribution in [1.29, 1.82) is 5.26 Å². The first-order chi connectivity index (χ1) is 8.79. The third-order valence-corrected chi connectivity index (χ3v) is 3.33. The first-order valence-corrected chi connectivity index (χ1v) is 6.51. The number of rotatable bonds is 4. The number of hydrogen-bond donors (Lipinski definition) is 2. The molecule has 1 aliphatic carbocycles. The van der Waals surface area contributed by atoms with Gasteiger partial charge in [-0.1, -0.05) is 11.6 Å². The van der Waals surface area contributed by atoms with Crippen LogP contribution in [0.25, 0.3) is 0 Å². The lowest BCUT2D eigenvalue weighted by molar-refractivity contribution is 0.679. The van der Waals surface area contributed by atoms with Crippen LogP contribution >= 0.6 is 0 Å². The van der Waals surface area contributed by atoms with E-state index in [-0.39, 0.29) is 0 Å². The van der Waals surface area contributed by atoms with E-state index in [1.165, 1.54) is 25.7 Å². The molecule has 3 N–H and O–H groups in total. The molecule has 0 saturated carbocycles. The Kier molecular flexibility index (Phi) is 4.25. The van der Waals surface area contributed by atoms with Crippen molar-refractivity contribution in [3.8, 4) is 6.07 Å². The average Bonchev–Trinajstić information content (AvgIpc) is 2.42. The maximum Gasteiger partial charge on any atom is 0.0992 e. The highest BCUT2D eigenvalue weighted by atomic mass is 14.9. The summed E-state index contributed by atoms with van der Waals surface area (Å²) in [5.74, 6) is 0. The molecular weight excluding hydrogens is 222 g/mol. The fourth-order valence-electron chi connectivity index (χ4n) is 2.27. The molecule has 0 amide bonds. The largest absolute Gasteiger partial charge is 0.397 e. The van der Waals surface area contributed by atoms with Gasteiger partial charge in [0.05, 0.1) is 23.0 Å². The van der Waals surface area contributed by atoms with Crippen molar-refractivity contribution in [2.75, 3.05) is 17.6 Å². The number of allylic oxidation sites excluding steroid dienone is 1. The molecule has 18 heavy (non-hydrogen) atoms. The quantitative estimate of drug-likeness (QED) is 0.627. The highest BCUT2D eigenvalue weighted by molar-refractivity contribution is 5.68. The summed E-state index contributed by atoms with van der Waals surface area (Å²) in [7, 11) is 0. The second-order valence-electron chi connectivity index (χ2n) is 4.70. The maximum atomic E-state index is 8.85. The van der Waals surface area contributed by atoms with Gasteiger partial charge in [-0.25, -0.2) is 0 Å². The highest BCUT2D eigenvalue weighted by Crippen LogP contribution is 2.22. The third-order valence-electron chi connectivity index (χ3n) is 3.33. The number of nitriles is 1. The van der Waals surface area contributed by atoms with Crippen molar-refractivity contribution >= 4 is 11.4 Å². The van der Waals surface area contributed by atoms with E-state index in [9.17, 15) is 0 Å². The molecule has 0 aromatic heterocycles. The molecule has 0 aliphatic heterocycles. The third kappa shape index (κ3) is 3.27. The highest BCUT2D eigenvalue weighted by Gasteiger charge is 2.04. The molecular formula is C15H19N3. The van der Waals surface area contributed by atoms with Crippen LogP contribution in [-0.2, 0) is 0 Å². The topological polar surface area (TPSA) is 61.8 Å². The van der Waals surface area contributed by atoms with Gasteiger partial charge in [-0.2, -0.15) is 5.26 Å². The minimum atomic E-state index is 0.642. The summed E-state index contributed by atoms with van der Waals surface area (Å²) in [5.41, 5.74) is 9.63. The number of nitrogens with zero attached hydrogens (tertiary/aromatic N) is 1. The normalized spacial score (nSPS) is 14.7. The Morgan fingerprint density at radius 3 is 2.94 bits per heavy atom. The Labute approximate surface area is 108 Å². The summed E-state index contributed by atoms with van der Waals surface area (Å²) in [6, 6.07) is 7.46. The van der Waals surface area contributed by atoms with E-state index in [4.69, 9.17) is 11.0 Å². The zero-order chi connectivity index (χ0) is 12.8. The monoisotopic (exact) mass is 241 g/mol. The smallest absolute Gasteiger partial charge is 0.0992 e. The van der Waals surface area contributed by atoms with E-state index >= 15 is 0 Å². The van der Waals surface area contributed by atoms with Crippen LogP contribution < -0.4 is 11.1 Å². The molecule has 1 aliphatic rings. The number of anilines is 2. The summed E-state index contributed by atoms with van der Waals surface area (Å²) in [5, 5.41) is 12.2. The second-order valence-corrected chi connectivity index (χ2v) is 4.70. The van der Waals surface area contributed by atoms with Crippen molar-refractivity contribution in [3.05, 3.63) is 35.4 Å². The lowest BCUT2D eigenvalue weighted by atomic mass is 9.97. The van der Waals surface area contributed by atoms with Crippen molar-refractivity contribution in [1.82, 2.24) is 0 Å². The number of benzene rings is 1. The molecule has 1 aromatic carbocycles. The fourth-order valence-corrected chi connectivity index (χ4v) is 2.27.